The summed E-state index contributed by atoms with van der Waals surface area (Å²) in [6.07, 6.45) is 1.50. The monoisotopic (exact) mass is 500 g/mol. The van der Waals surface area contributed by atoms with E-state index in [0.29, 0.717) is 27.0 Å². The Morgan fingerprint density at radius 1 is 1.07 bits per heavy atom. The predicted octanol–water partition coefficient (Wildman–Crippen LogP) is 6.88. The first-order chi connectivity index (χ1) is 14.5. The molecule has 0 aliphatic rings. The topological polar surface area (TPSA) is 62.1 Å². The highest BCUT2D eigenvalue weighted by molar-refractivity contribution is 9.10. The zero-order chi connectivity index (χ0) is 21.5. The van der Waals surface area contributed by atoms with Crippen LogP contribution in [-0.2, 0) is 11.4 Å². The van der Waals surface area contributed by atoms with Crippen molar-refractivity contribution in [1.82, 2.24) is 0 Å². The van der Waals surface area contributed by atoms with Crippen molar-refractivity contribution >= 4 is 56.8 Å². The van der Waals surface area contributed by atoms with E-state index in [0.717, 1.165) is 10.0 Å². The lowest BCUT2D eigenvalue weighted by atomic mass is 10.1. The smallest absolute Gasteiger partial charge is 0.266 e. The molecule has 7 heteroatoms. The van der Waals surface area contributed by atoms with E-state index in [1.807, 2.05) is 24.3 Å². The zero-order valence-corrected chi connectivity index (χ0v) is 18.6. The van der Waals surface area contributed by atoms with E-state index >= 15 is 0 Å². The van der Waals surface area contributed by atoms with E-state index in [4.69, 9.17) is 27.9 Å². The lowest BCUT2D eigenvalue weighted by molar-refractivity contribution is -0.112. The summed E-state index contributed by atoms with van der Waals surface area (Å²) in [7, 11) is 0. The number of hydrogen-bond acceptors (Lipinski definition) is 3. The quantitative estimate of drug-likeness (QED) is 0.295. The molecule has 0 aliphatic carbocycles. The van der Waals surface area contributed by atoms with E-state index in [-0.39, 0.29) is 12.2 Å². The molecule has 0 atom stereocenters. The summed E-state index contributed by atoms with van der Waals surface area (Å²) in [4.78, 5) is 12.5. The molecule has 0 radical (unpaired) electrons. The molecule has 0 saturated carbocycles. The van der Waals surface area contributed by atoms with Crippen molar-refractivity contribution in [2.45, 2.75) is 6.61 Å². The summed E-state index contributed by atoms with van der Waals surface area (Å²) in [6.45, 7) is 0.258. The average molecular weight is 502 g/mol. The Labute approximate surface area is 192 Å². The molecule has 0 spiro atoms. The van der Waals surface area contributed by atoms with Crippen LogP contribution in [0.15, 0.2) is 76.8 Å². The van der Waals surface area contributed by atoms with Gasteiger partial charge in [-0.2, -0.15) is 5.26 Å². The second kappa shape index (κ2) is 10.3. The first-order valence-electron chi connectivity index (χ1n) is 8.81. The maximum absolute atomic E-state index is 12.5. The molecule has 3 rings (SSSR count). The van der Waals surface area contributed by atoms with Crippen LogP contribution in [0.2, 0.25) is 10.0 Å². The Bertz CT molecular complexity index is 1160. The van der Waals surface area contributed by atoms with Crippen molar-refractivity contribution in [2.75, 3.05) is 5.32 Å². The number of nitriles is 1. The summed E-state index contributed by atoms with van der Waals surface area (Å²) in [6, 6.07) is 21.5. The lowest BCUT2D eigenvalue weighted by Crippen LogP contribution is -2.13. The van der Waals surface area contributed by atoms with Gasteiger partial charge in [0.1, 0.15) is 24.0 Å². The first-order valence-corrected chi connectivity index (χ1v) is 10.4. The third kappa shape index (κ3) is 5.87. The molecule has 1 N–H and O–H groups in total. The summed E-state index contributed by atoms with van der Waals surface area (Å²) < 4.78 is 6.71. The Morgan fingerprint density at radius 2 is 1.87 bits per heavy atom. The van der Waals surface area contributed by atoms with Gasteiger partial charge in [0.15, 0.2) is 0 Å². The molecule has 0 saturated heterocycles. The molecule has 0 bridgehead atoms. The van der Waals surface area contributed by atoms with Crippen LogP contribution in [-0.4, -0.2) is 5.91 Å². The molecular formula is C23H15BrCl2N2O2. The summed E-state index contributed by atoms with van der Waals surface area (Å²) >= 11 is 15.3. The molecule has 150 valence electrons. The van der Waals surface area contributed by atoms with Crippen LogP contribution in [0.3, 0.4) is 0 Å². The fourth-order valence-electron chi connectivity index (χ4n) is 2.59. The van der Waals surface area contributed by atoms with Crippen LogP contribution in [0.5, 0.6) is 5.75 Å². The molecule has 3 aromatic rings. The van der Waals surface area contributed by atoms with Crippen molar-refractivity contribution in [3.8, 4) is 11.8 Å². The second-order valence-corrected chi connectivity index (χ2v) is 7.94. The van der Waals surface area contributed by atoms with E-state index in [1.165, 1.54) is 6.08 Å². The Kier molecular flexibility index (Phi) is 7.53. The van der Waals surface area contributed by atoms with Crippen LogP contribution in [0.25, 0.3) is 6.08 Å². The fraction of sp³-hybridized carbons (Fsp3) is 0.0435. The van der Waals surface area contributed by atoms with Gasteiger partial charge in [-0.25, -0.2) is 0 Å². The van der Waals surface area contributed by atoms with Crippen LogP contribution in [0, 0.1) is 11.3 Å². The van der Waals surface area contributed by atoms with Gasteiger partial charge in [-0.1, -0.05) is 69.5 Å². The summed E-state index contributed by atoms with van der Waals surface area (Å²) in [5.41, 5.74) is 2.00. The van der Waals surface area contributed by atoms with Crippen molar-refractivity contribution in [3.05, 3.63) is 97.9 Å². The van der Waals surface area contributed by atoms with Gasteiger partial charge < -0.3 is 10.1 Å². The number of carbonyl (C=O) groups is 1. The van der Waals surface area contributed by atoms with Crippen molar-refractivity contribution in [3.63, 3.8) is 0 Å². The molecular weight excluding hydrogens is 487 g/mol. The van der Waals surface area contributed by atoms with Gasteiger partial charge in [0.25, 0.3) is 5.91 Å². The number of nitrogens with zero attached hydrogens (tertiary/aromatic N) is 1. The second-order valence-electron chi connectivity index (χ2n) is 6.21. The number of benzene rings is 3. The highest BCUT2D eigenvalue weighted by Crippen LogP contribution is 2.26. The number of carbonyl (C=O) groups excluding carboxylic acids is 1. The van der Waals surface area contributed by atoms with Crippen LogP contribution in [0.4, 0.5) is 5.69 Å². The number of halogens is 3. The van der Waals surface area contributed by atoms with Gasteiger partial charge in [0.2, 0.25) is 0 Å². The molecule has 30 heavy (non-hydrogen) atoms. The molecule has 4 nitrogen and oxygen atoms in total. The van der Waals surface area contributed by atoms with E-state index in [9.17, 15) is 10.1 Å². The molecule has 0 fully saturated rings. The largest absolute Gasteiger partial charge is 0.488 e. The van der Waals surface area contributed by atoms with Crippen LogP contribution >= 0.6 is 39.1 Å². The molecule has 0 unspecified atom stereocenters. The van der Waals surface area contributed by atoms with Crippen LogP contribution in [0.1, 0.15) is 11.1 Å². The van der Waals surface area contributed by atoms with Crippen LogP contribution < -0.4 is 10.1 Å². The van der Waals surface area contributed by atoms with E-state index < -0.39 is 5.91 Å². The van der Waals surface area contributed by atoms with Crippen molar-refractivity contribution in [2.24, 2.45) is 0 Å². The zero-order valence-electron chi connectivity index (χ0n) is 15.5. The number of para-hydroxylation sites is 1. The SMILES string of the molecule is N#C/C(=C/c1ccccc1OCc1ccc(Cl)c(Cl)c1)C(=O)Nc1cccc(Br)c1. The average Bonchev–Trinajstić information content (AvgIpc) is 2.73. The normalized spacial score (nSPS) is 10.9. The van der Waals surface area contributed by atoms with E-state index in [2.05, 4.69) is 21.2 Å². The Morgan fingerprint density at radius 3 is 2.60 bits per heavy atom. The van der Waals surface area contributed by atoms with Gasteiger partial charge in [-0.15, -0.1) is 0 Å². The van der Waals surface area contributed by atoms with Gasteiger partial charge in [0.05, 0.1) is 10.0 Å². The summed E-state index contributed by atoms with van der Waals surface area (Å²) in [5.74, 6) is 0.0291. The molecule has 0 aliphatic heterocycles. The third-order valence-electron chi connectivity index (χ3n) is 4.04. The third-order valence-corrected chi connectivity index (χ3v) is 5.28. The highest BCUT2D eigenvalue weighted by Gasteiger charge is 2.12. The minimum Gasteiger partial charge on any atom is -0.488 e. The molecule has 0 heterocycles. The molecule has 1 amide bonds. The number of anilines is 1. The molecule has 3 aromatic carbocycles. The van der Waals surface area contributed by atoms with Crippen molar-refractivity contribution < 1.29 is 9.53 Å². The minimum absolute atomic E-state index is 0.0411. The fourth-order valence-corrected chi connectivity index (χ4v) is 3.31. The predicted molar refractivity (Wildman–Crippen MR) is 124 cm³/mol. The molecule has 0 aromatic heterocycles. The number of ether oxygens (including phenoxy) is 1. The number of amides is 1. The lowest BCUT2D eigenvalue weighted by Gasteiger charge is -2.10. The Hall–Kier alpha value is -2.78. The standard InChI is InChI=1S/C23H15BrCl2N2O2/c24-18-5-3-6-19(12-18)28-23(29)17(13-27)11-16-4-1-2-7-22(16)30-14-15-8-9-20(25)21(26)10-15/h1-12H,14H2,(H,28,29)/b17-11-. The maximum atomic E-state index is 12.5. The van der Waals surface area contributed by atoms with Gasteiger partial charge in [-0.05, 0) is 48.0 Å². The summed E-state index contributed by atoms with van der Waals surface area (Å²) in [5, 5.41) is 13.1. The maximum Gasteiger partial charge on any atom is 0.266 e. The van der Waals surface area contributed by atoms with Gasteiger partial charge in [-0.3, -0.25) is 4.79 Å². The number of rotatable bonds is 6. The Balaban J connectivity index is 1.78. The number of nitrogens with one attached hydrogen (secondary N) is 1. The van der Waals surface area contributed by atoms with Gasteiger partial charge >= 0.3 is 0 Å². The highest BCUT2D eigenvalue weighted by atomic mass is 79.9. The van der Waals surface area contributed by atoms with Crippen molar-refractivity contribution in [1.29, 1.82) is 5.26 Å². The number of hydrogen-bond donors (Lipinski definition) is 1. The van der Waals surface area contributed by atoms with Gasteiger partial charge in [0, 0.05) is 15.7 Å². The first kappa shape index (κ1) is 21.9. The minimum atomic E-state index is -0.505. The van der Waals surface area contributed by atoms with E-state index in [1.54, 1.807) is 48.5 Å².